The number of esters is 4. The van der Waals surface area contributed by atoms with Crippen molar-refractivity contribution in [3.05, 3.63) is 128 Å². The third-order valence-electron chi connectivity index (χ3n) is 9.54. The summed E-state index contributed by atoms with van der Waals surface area (Å²) in [5, 5.41) is 40.4. The van der Waals surface area contributed by atoms with Crippen molar-refractivity contribution in [1.29, 1.82) is 0 Å². The first-order chi connectivity index (χ1) is 29.5. The number of rotatable bonds is 11. The normalized spacial score (nSPS) is 23.9. The van der Waals surface area contributed by atoms with Gasteiger partial charge in [0, 0.05) is 19.1 Å². The van der Waals surface area contributed by atoms with E-state index in [1.807, 2.05) is 0 Å². The van der Waals surface area contributed by atoms with Crippen molar-refractivity contribution in [2.45, 2.75) is 82.1 Å². The summed E-state index contributed by atoms with van der Waals surface area (Å²) in [5.74, 6) is -3.30. The fourth-order valence-corrected chi connectivity index (χ4v) is 6.54. The molecule has 2 aliphatic heterocycles. The number of imidazole rings is 1. The molecule has 1 unspecified atom stereocenters. The van der Waals surface area contributed by atoms with Crippen molar-refractivity contribution in [1.82, 2.24) is 19.5 Å². The lowest BCUT2D eigenvalue weighted by atomic mass is 10.1. The zero-order valence-corrected chi connectivity index (χ0v) is 32.9. The molecule has 4 heterocycles. The summed E-state index contributed by atoms with van der Waals surface area (Å²) in [4.78, 5) is 82.9. The van der Waals surface area contributed by atoms with Gasteiger partial charge in [0.05, 0.1) is 34.0 Å². The van der Waals surface area contributed by atoms with E-state index in [1.54, 1.807) is 36.4 Å². The number of carbonyl (C=O) groups is 4. The third-order valence-corrected chi connectivity index (χ3v) is 9.54. The Morgan fingerprint density at radius 2 is 1.39 bits per heavy atom. The third kappa shape index (κ3) is 9.91. The van der Waals surface area contributed by atoms with E-state index < -0.39 is 95.7 Å². The molecule has 0 amide bonds. The van der Waals surface area contributed by atoms with Crippen LogP contribution < -0.4 is 11.3 Å². The van der Waals surface area contributed by atoms with E-state index in [4.69, 9.17) is 34.2 Å². The Kier molecular flexibility index (Phi) is 13.7. The van der Waals surface area contributed by atoms with Crippen molar-refractivity contribution >= 4 is 46.7 Å². The van der Waals surface area contributed by atoms with Gasteiger partial charge in [-0.2, -0.15) is 4.98 Å². The molecule has 0 spiro atoms. The number of non-ortho nitro benzene ring substituents is 1. The van der Waals surface area contributed by atoms with Crippen LogP contribution in [0.2, 0.25) is 0 Å². The van der Waals surface area contributed by atoms with Gasteiger partial charge < -0.3 is 49.5 Å². The van der Waals surface area contributed by atoms with E-state index in [1.165, 1.54) is 61.1 Å². The number of benzene rings is 3. The molecule has 2 saturated heterocycles. The molecule has 22 heteroatoms. The van der Waals surface area contributed by atoms with E-state index in [0.717, 1.165) is 19.1 Å². The number of anilines is 1. The van der Waals surface area contributed by atoms with Gasteiger partial charge in [0.2, 0.25) is 18.3 Å². The number of nitrogens with zero attached hydrogens (tertiary/aromatic N) is 4. The second-order valence-corrected chi connectivity index (χ2v) is 14.0. The lowest BCUT2D eigenvalue weighted by molar-refractivity contribution is -0.384. The van der Waals surface area contributed by atoms with Crippen LogP contribution in [0.15, 0.2) is 96.1 Å². The molecular weight excluding hydrogens is 820 g/mol. The topological polar surface area (TPSA) is 317 Å². The first kappa shape index (κ1) is 44.4. The quantitative estimate of drug-likeness (QED) is 0.0545. The summed E-state index contributed by atoms with van der Waals surface area (Å²) in [6.45, 7) is 4.01. The van der Waals surface area contributed by atoms with E-state index >= 15 is 0 Å². The number of aliphatic hydroxyl groups excluding tert-OH is 3. The van der Waals surface area contributed by atoms with E-state index in [0.29, 0.717) is 0 Å². The molecule has 22 nitrogen and oxygen atoms in total. The lowest BCUT2D eigenvalue weighted by Crippen LogP contribution is -2.45. The molecule has 7 rings (SSSR count). The molecule has 2 fully saturated rings. The molecule has 5 aromatic rings. The number of aliphatic hydroxyl groups is 3. The minimum Gasteiger partial charge on any atom is -0.456 e. The summed E-state index contributed by atoms with van der Waals surface area (Å²) in [7, 11) is 0. The Labute approximate surface area is 349 Å². The monoisotopic (exact) mass is 860 g/mol. The maximum atomic E-state index is 13.0. The molecule has 326 valence electrons. The first-order valence-electron chi connectivity index (χ1n) is 18.8. The van der Waals surface area contributed by atoms with Gasteiger partial charge in [-0.1, -0.05) is 36.4 Å². The van der Waals surface area contributed by atoms with Gasteiger partial charge in [0.1, 0.15) is 30.5 Å². The van der Waals surface area contributed by atoms with Crippen LogP contribution in [0.25, 0.3) is 11.2 Å². The van der Waals surface area contributed by atoms with Crippen LogP contribution in [0.3, 0.4) is 0 Å². The number of nitro benzene ring substituents is 1. The minimum absolute atomic E-state index is 0.0156. The van der Waals surface area contributed by atoms with E-state index in [-0.39, 0.29) is 39.5 Å². The number of nitro groups is 1. The molecule has 0 saturated carbocycles. The van der Waals surface area contributed by atoms with Crippen LogP contribution in [0.5, 0.6) is 0 Å². The molecule has 0 aliphatic carbocycles. The number of aromatic amines is 1. The number of ether oxygens (including phenoxy) is 6. The average Bonchev–Trinajstić information content (AvgIpc) is 3.91. The lowest BCUT2D eigenvalue weighted by Gasteiger charge is -2.26. The maximum absolute atomic E-state index is 13.0. The van der Waals surface area contributed by atoms with Crippen LogP contribution in [-0.2, 0) is 33.2 Å². The molecule has 6 N–H and O–H groups in total. The second kappa shape index (κ2) is 19.1. The number of nitrogens with two attached hydrogens (primary N) is 1. The van der Waals surface area contributed by atoms with Gasteiger partial charge in [-0.05, 0) is 50.2 Å². The van der Waals surface area contributed by atoms with Crippen LogP contribution in [-0.4, -0.2) is 119 Å². The van der Waals surface area contributed by atoms with Gasteiger partial charge in [-0.3, -0.25) is 29.3 Å². The number of carbonyl (C=O) groups excluding carboxylic acids is 4. The molecule has 10 atom stereocenters. The Morgan fingerprint density at radius 1 is 0.823 bits per heavy atom. The summed E-state index contributed by atoms with van der Waals surface area (Å²) in [6, 6.07) is 20.7. The minimum atomic E-state index is -1.50. The number of aromatic nitrogens is 4. The molecular formula is C40H40N6O16. The highest BCUT2D eigenvalue weighted by atomic mass is 16.8. The highest BCUT2D eigenvalue weighted by Crippen LogP contribution is 2.34. The van der Waals surface area contributed by atoms with Crippen molar-refractivity contribution < 1.29 is 67.8 Å². The summed E-state index contributed by atoms with van der Waals surface area (Å²) in [5.41, 5.74) is 5.30. The van der Waals surface area contributed by atoms with Crippen molar-refractivity contribution in [3.8, 4) is 0 Å². The number of H-pyrrole nitrogens is 1. The van der Waals surface area contributed by atoms with Crippen molar-refractivity contribution in [2.24, 2.45) is 0 Å². The number of hydrogen-bond donors (Lipinski definition) is 5. The number of nitrogens with one attached hydrogen (secondary N) is 1. The second-order valence-electron chi connectivity index (χ2n) is 14.0. The highest BCUT2D eigenvalue weighted by Gasteiger charge is 2.54. The zero-order valence-electron chi connectivity index (χ0n) is 32.9. The fourth-order valence-electron chi connectivity index (χ4n) is 6.54. The van der Waals surface area contributed by atoms with Gasteiger partial charge in [0.25, 0.3) is 11.2 Å². The summed E-state index contributed by atoms with van der Waals surface area (Å²) in [6.07, 6.45) is -11.0. The fraction of sp³-hybridized carbons (Fsp3) is 0.325. The van der Waals surface area contributed by atoms with Gasteiger partial charge >= 0.3 is 23.9 Å². The standard InChI is InChI=1S/C29H25NO11.C11H15N5O5/c1-17(37-26(32)21-13-15-22(16-14-21)30(35)36)23-24(39-27(33)19-9-5-3-6-10-19)25(29(41-23)38-18(2)31)40-28(34)20-11-7-4-8-12-20;1-3(17)7-5(18)6(19)10(21-7)16-2-13-4-8(16)14-11(12)15-9(4)20/h3-17,23-25,29H,1-2H3;2-3,5-7,10,17-19H,1H3,(H3,12,14,15,20)/t17-,23-,24-,25-,29?;3-,5+,6-,7-,10-/m11/s1. The van der Waals surface area contributed by atoms with Gasteiger partial charge in [-0.25, -0.2) is 19.4 Å². The Balaban J connectivity index is 0.000000254. The average molecular weight is 861 g/mol. The SMILES string of the molecule is CC(=O)OC1O[C@H]([C@@H](C)OC(=O)c2ccc([N+](=O)[O-])cc2)[C@@H](OC(=O)c2ccccc2)[C@H]1OC(=O)c1ccccc1.C[C@@H](O)[C@H]1O[C@@H](n2cnc3c(=O)[nH]c(N)nc32)[C@H](O)[C@@H]1O. The van der Waals surface area contributed by atoms with E-state index in [2.05, 4.69) is 15.0 Å². The number of nitrogen functional groups attached to an aromatic ring is 1. The molecule has 2 aliphatic rings. The Bertz CT molecular complexity index is 2460. The smallest absolute Gasteiger partial charge is 0.338 e. The predicted octanol–water partition coefficient (Wildman–Crippen LogP) is 1.58. The number of hydrogen-bond acceptors (Lipinski definition) is 19. The van der Waals surface area contributed by atoms with Crippen molar-refractivity contribution in [2.75, 3.05) is 5.73 Å². The van der Waals surface area contributed by atoms with Crippen LogP contribution in [0.1, 0.15) is 58.1 Å². The highest BCUT2D eigenvalue weighted by molar-refractivity contribution is 5.91. The summed E-state index contributed by atoms with van der Waals surface area (Å²) < 4.78 is 34.8. The van der Waals surface area contributed by atoms with Gasteiger partial charge in [0.15, 0.2) is 23.5 Å². The van der Waals surface area contributed by atoms with Crippen LogP contribution in [0, 0.1) is 10.1 Å². The van der Waals surface area contributed by atoms with Crippen LogP contribution >= 0.6 is 0 Å². The predicted molar refractivity (Wildman–Crippen MR) is 210 cm³/mol. The van der Waals surface area contributed by atoms with Crippen LogP contribution in [0.4, 0.5) is 11.6 Å². The largest absolute Gasteiger partial charge is 0.456 e. The van der Waals surface area contributed by atoms with Crippen molar-refractivity contribution in [3.63, 3.8) is 0 Å². The maximum Gasteiger partial charge on any atom is 0.338 e. The molecule has 0 bridgehead atoms. The number of fused-ring (bicyclic) bond motifs is 1. The molecule has 62 heavy (non-hydrogen) atoms. The first-order valence-corrected chi connectivity index (χ1v) is 18.8. The Morgan fingerprint density at radius 3 is 1.92 bits per heavy atom. The van der Waals surface area contributed by atoms with Gasteiger partial charge in [-0.15, -0.1) is 0 Å². The summed E-state index contributed by atoms with van der Waals surface area (Å²) >= 11 is 0. The zero-order chi connectivity index (χ0) is 44.8. The molecule has 0 radical (unpaired) electrons. The van der Waals surface area contributed by atoms with E-state index in [9.17, 15) is 49.4 Å². The molecule has 2 aromatic heterocycles. The Hall–Kier alpha value is -7.11. The molecule has 3 aromatic carbocycles.